The Balaban J connectivity index is 1.69. The zero-order chi connectivity index (χ0) is 13.5. The number of likely N-dealkylation sites (N-methyl/N-ethyl adjacent to an activating group) is 1. The lowest BCUT2D eigenvalue weighted by Crippen LogP contribution is -2.37. The number of nitrogens with zero attached hydrogens (tertiary/aromatic N) is 1. The standard InChI is InChI=1S/C15H27NO2S/c1-16(13-9-10-19-12-13)11-15(17)18-14-7-5-3-2-4-6-8-14/h13-14H,2-12H2,1H3/t13-/m0/s1. The van der Waals surface area contributed by atoms with Crippen molar-refractivity contribution in [2.24, 2.45) is 0 Å². The largest absolute Gasteiger partial charge is 0.461 e. The summed E-state index contributed by atoms with van der Waals surface area (Å²) in [6.07, 6.45) is 9.89. The van der Waals surface area contributed by atoms with Gasteiger partial charge >= 0.3 is 5.97 Å². The van der Waals surface area contributed by atoms with Crippen molar-refractivity contribution in [2.75, 3.05) is 25.1 Å². The van der Waals surface area contributed by atoms with Gasteiger partial charge in [0.15, 0.2) is 0 Å². The Labute approximate surface area is 121 Å². The molecule has 1 saturated heterocycles. The summed E-state index contributed by atoms with van der Waals surface area (Å²) in [5.74, 6) is 2.37. The first-order valence-corrected chi connectivity index (χ1v) is 8.88. The lowest BCUT2D eigenvalue weighted by molar-refractivity contribution is -0.151. The second-order valence-corrected chi connectivity index (χ2v) is 7.04. The number of carbonyl (C=O) groups excluding carboxylic acids is 1. The first kappa shape index (κ1) is 15.2. The third-order valence-corrected chi connectivity index (χ3v) is 5.40. The number of rotatable bonds is 4. The molecule has 0 spiro atoms. The van der Waals surface area contributed by atoms with E-state index in [1.807, 2.05) is 11.8 Å². The van der Waals surface area contributed by atoms with Gasteiger partial charge < -0.3 is 4.74 Å². The van der Waals surface area contributed by atoms with Crippen molar-refractivity contribution in [1.29, 1.82) is 0 Å². The Bertz CT molecular complexity index is 271. The van der Waals surface area contributed by atoms with Crippen LogP contribution in [0.15, 0.2) is 0 Å². The fourth-order valence-electron chi connectivity index (χ4n) is 2.96. The molecule has 0 amide bonds. The van der Waals surface area contributed by atoms with Crippen molar-refractivity contribution in [1.82, 2.24) is 4.90 Å². The van der Waals surface area contributed by atoms with Gasteiger partial charge in [0.05, 0.1) is 6.54 Å². The quantitative estimate of drug-likeness (QED) is 0.742. The molecule has 4 heteroatoms. The van der Waals surface area contributed by atoms with Crippen molar-refractivity contribution >= 4 is 17.7 Å². The number of hydrogen-bond acceptors (Lipinski definition) is 4. The van der Waals surface area contributed by atoms with Gasteiger partial charge in [-0.2, -0.15) is 11.8 Å². The fraction of sp³-hybridized carbons (Fsp3) is 0.933. The minimum atomic E-state index is -0.0232. The Hall–Kier alpha value is -0.220. The first-order chi connectivity index (χ1) is 9.25. The van der Waals surface area contributed by atoms with Gasteiger partial charge in [-0.25, -0.2) is 0 Å². The van der Waals surface area contributed by atoms with Gasteiger partial charge in [-0.1, -0.05) is 19.3 Å². The molecular formula is C15H27NO2S. The molecule has 0 unspecified atom stereocenters. The summed E-state index contributed by atoms with van der Waals surface area (Å²) in [6, 6.07) is 0.565. The van der Waals surface area contributed by atoms with E-state index in [0.29, 0.717) is 12.6 Å². The van der Waals surface area contributed by atoms with Crippen molar-refractivity contribution in [2.45, 2.75) is 63.5 Å². The highest BCUT2D eigenvalue weighted by Gasteiger charge is 2.23. The van der Waals surface area contributed by atoms with Gasteiger partial charge in [0.25, 0.3) is 0 Å². The molecule has 2 aliphatic rings. The van der Waals surface area contributed by atoms with Crippen LogP contribution < -0.4 is 0 Å². The normalized spacial score (nSPS) is 26.1. The Kier molecular flexibility index (Phi) is 6.51. The lowest BCUT2D eigenvalue weighted by Gasteiger charge is -2.25. The van der Waals surface area contributed by atoms with Crippen LogP contribution >= 0.6 is 11.8 Å². The van der Waals surface area contributed by atoms with E-state index in [9.17, 15) is 4.79 Å². The highest BCUT2D eigenvalue weighted by Crippen LogP contribution is 2.22. The molecule has 1 heterocycles. The third kappa shape index (κ3) is 5.35. The predicted molar refractivity (Wildman–Crippen MR) is 80.6 cm³/mol. The van der Waals surface area contributed by atoms with Gasteiger partial charge in [-0.05, 0) is 44.9 Å². The monoisotopic (exact) mass is 285 g/mol. The molecule has 0 aromatic rings. The molecule has 0 radical (unpaired) electrons. The predicted octanol–water partition coefficient (Wildman–Crippen LogP) is 3.08. The van der Waals surface area contributed by atoms with Crippen LogP contribution in [0.5, 0.6) is 0 Å². The van der Waals surface area contributed by atoms with Crippen LogP contribution in [0.3, 0.4) is 0 Å². The van der Waals surface area contributed by atoms with Gasteiger partial charge in [-0.15, -0.1) is 0 Å². The molecule has 0 aromatic carbocycles. The summed E-state index contributed by atoms with van der Waals surface area (Å²) in [6.45, 7) is 0.460. The summed E-state index contributed by atoms with van der Waals surface area (Å²) in [5, 5.41) is 0. The highest BCUT2D eigenvalue weighted by atomic mass is 32.2. The van der Waals surface area contributed by atoms with E-state index in [1.165, 1.54) is 44.3 Å². The molecular weight excluding hydrogens is 258 g/mol. The zero-order valence-corrected chi connectivity index (χ0v) is 12.9. The zero-order valence-electron chi connectivity index (χ0n) is 12.1. The van der Waals surface area contributed by atoms with Gasteiger partial charge in [0, 0.05) is 11.8 Å². The smallest absolute Gasteiger partial charge is 0.320 e. The molecule has 1 aliphatic carbocycles. The van der Waals surface area contributed by atoms with Crippen LogP contribution in [0.25, 0.3) is 0 Å². The topological polar surface area (TPSA) is 29.5 Å². The molecule has 1 aliphatic heterocycles. The minimum Gasteiger partial charge on any atom is -0.461 e. The summed E-state index contributed by atoms with van der Waals surface area (Å²) in [4.78, 5) is 14.2. The van der Waals surface area contributed by atoms with Gasteiger partial charge in [0.1, 0.15) is 6.10 Å². The van der Waals surface area contributed by atoms with Crippen molar-refractivity contribution in [3.05, 3.63) is 0 Å². The summed E-state index contributed by atoms with van der Waals surface area (Å²) in [5.41, 5.74) is 0. The van der Waals surface area contributed by atoms with Gasteiger partial charge in [0.2, 0.25) is 0 Å². The number of thioether (sulfide) groups is 1. The highest BCUT2D eigenvalue weighted by molar-refractivity contribution is 7.99. The van der Waals surface area contributed by atoms with Crippen molar-refractivity contribution in [3.63, 3.8) is 0 Å². The molecule has 19 heavy (non-hydrogen) atoms. The van der Waals surface area contributed by atoms with Crippen LogP contribution in [-0.4, -0.2) is 48.1 Å². The SMILES string of the molecule is CN(CC(=O)OC1CCCCCCC1)[C@H]1CCSC1. The third-order valence-electron chi connectivity index (χ3n) is 4.26. The van der Waals surface area contributed by atoms with E-state index >= 15 is 0 Å². The summed E-state index contributed by atoms with van der Waals surface area (Å²) in [7, 11) is 2.05. The average Bonchev–Trinajstić information content (AvgIpc) is 2.86. The van der Waals surface area contributed by atoms with E-state index < -0.39 is 0 Å². The number of hydrogen-bond donors (Lipinski definition) is 0. The molecule has 1 saturated carbocycles. The maximum atomic E-state index is 12.0. The maximum absolute atomic E-state index is 12.0. The Morgan fingerprint density at radius 3 is 2.47 bits per heavy atom. The molecule has 2 fully saturated rings. The first-order valence-electron chi connectivity index (χ1n) is 7.73. The van der Waals surface area contributed by atoms with Crippen LogP contribution in [-0.2, 0) is 9.53 Å². The Morgan fingerprint density at radius 1 is 1.16 bits per heavy atom. The Morgan fingerprint density at radius 2 is 1.84 bits per heavy atom. The molecule has 0 N–H and O–H groups in total. The fourth-order valence-corrected chi connectivity index (χ4v) is 4.26. The summed E-state index contributed by atoms with van der Waals surface area (Å²) < 4.78 is 5.67. The number of carbonyl (C=O) groups is 1. The average molecular weight is 285 g/mol. The molecule has 3 nitrogen and oxygen atoms in total. The van der Waals surface area contributed by atoms with Crippen molar-refractivity contribution < 1.29 is 9.53 Å². The van der Waals surface area contributed by atoms with E-state index in [-0.39, 0.29) is 12.1 Å². The molecule has 2 rings (SSSR count). The second-order valence-electron chi connectivity index (χ2n) is 5.89. The molecule has 110 valence electrons. The number of esters is 1. The lowest BCUT2D eigenvalue weighted by atomic mass is 9.99. The van der Waals surface area contributed by atoms with Crippen LogP contribution in [0.4, 0.5) is 0 Å². The van der Waals surface area contributed by atoms with E-state index in [1.54, 1.807) is 0 Å². The van der Waals surface area contributed by atoms with Crippen LogP contribution in [0, 0.1) is 0 Å². The maximum Gasteiger partial charge on any atom is 0.320 e. The molecule has 0 bridgehead atoms. The second kappa shape index (κ2) is 8.15. The van der Waals surface area contributed by atoms with E-state index in [2.05, 4.69) is 11.9 Å². The molecule has 1 atom stereocenters. The van der Waals surface area contributed by atoms with E-state index in [0.717, 1.165) is 18.6 Å². The van der Waals surface area contributed by atoms with E-state index in [4.69, 9.17) is 4.74 Å². The van der Waals surface area contributed by atoms with Gasteiger partial charge in [-0.3, -0.25) is 9.69 Å². The summed E-state index contributed by atoms with van der Waals surface area (Å²) >= 11 is 1.98. The van der Waals surface area contributed by atoms with Crippen LogP contribution in [0.2, 0.25) is 0 Å². The van der Waals surface area contributed by atoms with Crippen LogP contribution in [0.1, 0.15) is 51.4 Å². The number of ether oxygens (including phenoxy) is 1. The molecule has 0 aromatic heterocycles. The van der Waals surface area contributed by atoms with Crippen molar-refractivity contribution in [3.8, 4) is 0 Å². The minimum absolute atomic E-state index is 0.0232.